The second kappa shape index (κ2) is 6.79. The summed E-state index contributed by atoms with van der Waals surface area (Å²) >= 11 is 5.26. The lowest BCUT2D eigenvalue weighted by molar-refractivity contribution is 0.886. The fourth-order valence-corrected chi connectivity index (χ4v) is 4.23. The molecular weight excluding hydrogens is 348 g/mol. The van der Waals surface area contributed by atoms with Crippen LogP contribution in [0.2, 0.25) is 0 Å². The molecule has 0 saturated heterocycles. The van der Waals surface area contributed by atoms with Gasteiger partial charge in [0, 0.05) is 10.8 Å². The van der Waals surface area contributed by atoms with Crippen LogP contribution < -0.4 is 5.56 Å². The lowest BCUT2D eigenvalue weighted by Crippen LogP contribution is -2.14. The summed E-state index contributed by atoms with van der Waals surface area (Å²) in [5, 5.41) is 0.721. The highest BCUT2D eigenvalue weighted by atomic mass is 79.9. The molecule has 3 nitrogen and oxygen atoms in total. The number of nitrogens with zero attached hydrogens (tertiary/aromatic N) is 1. The SMILES string of the molecule is O=c1[nH]c(CSC2CCCC2)nc(-c2ccccc2)c1Br. The summed E-state index contributed by atoms with van der Waals surface area (Å²) in [4.78, 5) is 19.6. The van der Waals surface area contributed by atoms with E-state index in [1.54, 1.807) is 0 Å². The largest absolute Gasteiger partial charge is 0.309 e. The maximum atomic E-state index is 12.1. The Kier molecular flexibility index (Phi) is 4.80. The maximum Gasteiger partial charge on any atom is 0.265 e. The fourth-order valence-electron chi connectivity index (χ4n) is 2.61. The highest BCUT2D eigenvalue weighted by molar-refractivity contribution is 9.10. The van der Waals surface area contributed by atoms with Crippen LogP contribution in [0.4, 0.5) is 0 Å². The number of aromatic amines is 1. The monoisotopic (exact) mass is 364 g/mol. The van der Waals surface area contributed by atoms with Crippen LogP contribution in [0.15, 0.2) is 39.6 Å². The third-order valence-electron chi connectivity index (χ3n) is 3.72. The Bertz CT molecular complexity index is 666. The van der Waals surface area contributed by atoms with E-state index in [4.69, 9.17) is 0 Å². The standard InChI is InChI=1S/C16H17BrN2OS/c17-14-15(11-6-2-1-3-7-11)18-13(19-16(14)20)10-21-12-8-4-5-9-12/h1-3,6-7,12H,4-5,8-10H2,(H,18,19,20). The van der Waals surface area contributed by atoms with E-state index in [1.807, 2.05) is 42.1 Å². The molecule has 21 heavy (non-hydrogen) atoms. The minimum absolute atomic E-state index is 0.106. The van der Waals surface area contributed by atoms with E-state index in [-0.39, 0.29) is 5.56 Å². The molecule has 0 atom stereocenters. The molecule has 1 aromatic heterocycles. The van der Waals surface area contributed by atoms with Gasteiger partial charge in [-0.1, -0.05) is 43.2 Å². The van der Waals surface area contributed by atoms with Gasteiger partial charge in [-0.15, -0.1) is 0 Å². The predicted molar refractivity (Wildman–Crippen MR) is 91.5 cm³/mol. The van der Waals surface area contributed by atoms with Gasteiger partial charge in [-0.2, -0.15) is 11.8 Å². The van der Waals surface area contributed by atoms with Gasteiger partial charge in [0.15, 0.2) is 0 Å². The number of hydrogen-bond acceptors (Lipinski definition) is 3. The molecule has 0 radical (unpaired) electrons. The van der Waals surface area contributed by atoms with Gasteiger partial charge < -0.3 is 4.98 Å². The lowest BCUT2D eigenvalue weighted by Gasteiger charge is -2.10. The number of aromatic nitrogens is 2. The molecule has 1 N–H and O–H groups in total. The summed E-state index contributed by atoms with van der Waals surface area (Å²) in [5.74, 6) is 1.53. The van der Waals surface area contributed by atoms with Gasteiger partial charge in [0.25, 0.3) is 5.56 Å². The highest BCUT2D eigenvalue weighted by Gasteiger charge is 2.17. The average molecular weight is 365 g/mol. The van der Waals surface area contributed by atoms with Crippen LogP contribution >= 0.6 is 27.7 Å². The van der Waals surface area contributed by atoms with E-state index in [0.717, 1.165) is 28.1 Å². The van der Waals surface area contributed by atoms with Crippen molar-refractivity contribution in [1.29, 1.82) is 0 Å². The number of halogens is 1. The number of rotatable bonds is 4. The molecule has 110 valence electrons. The Hall–Kier alpha value is -1.07. The Morgan fingerprint density at radius 3 is 2.67 bits per heavy atom. The first-order valence-corrected chi connectivity index (χ1v) is 9.04. The molecule has 1 fully saturated rings. The quantitative estimate of drug-likeness (QED) is 0.875. The zero-order valence-corrected chi connectivity index (χ0v) is 14.0. The summed E-state index contributed by atoms with van der Waals surface area (Å²) in [6, 6.07) is 9.82. The van der Waals surface area contributed by atoms with E-state index < -0.39 is 0 Å². The minimum Gasteiger partial charge on any atom is -0.309 e. The Balaban J connectivity index is 1.85. The molecule has 5 heteroatoms. The first kappa shape index (κ1) is 14.9. The molecule has 1 aromatic carbocycles. The topological polar surface area (TPSA) is 45.8 Å². The summed E-state index contributed by atoms with van der Waals surface area (Å²) in [6.07, 6.45) is 5.24. The van der Waals surface area contributed by atoms with Crippen molar-refractivity contribution in [2.45, 2.75) is 36.7 Å². The molecule has 1 heterocycles. The van der Waals surface area contributed by atoms with Crippen molar-refractivity contribution < 1.29 is 0 Å². The van der Waals surface area contributed by atoms with Crippen LogP contribution in [0.5, 0.6) is 0 Å². The second-order valence-corrected chi connectivity index (χ2v) is 7.34. The van der Waals surface area contributed by atoms with Crippen molar-refractivity contribution in [2.75, 3.05) is 0 Å². The van der Waals surface area contributed by atoms with Crippen LogP contribution in [0, 0.1) is 0 Å². The van der Waals surface area contributed by atoms with Crippen LogP contribution in [-0.4, -0.2) is 15.2 Å². The number of nitrogens with one attached hydrogen (secondary N) is 1. The zero-order valence-electron chi connectivity index (χ0n) is 11.6. The molecule has 1 aliphatic carbocycles. The van der Waals surface area contributed by atoms with E-state index >= 15 is 0 Å². The first-order valence-electron chi connectivity index (χ1n) is 7.20. The Morgan fingerprint density at radius 1 is 1.24 bits per heavy atom. The van der Waals surface area contributed by atoms with Gasteiger partial charge in [-0.05, 0) is 28.8 Å². The summed E-state index contributed by atoms with van der Waals surface area (Å²) in [6.45, 7) is 0. The van der Waals surface area contributed by atoms with E-state index in [1.165, 1.54) is 25.7 Å². The van der Waals surface area contributed by atoms with Gasteiger partial charge >= 0.3 is 0 Å². The van der Waals surface area contributed by atoms with Crippen molar-refractivity contribution >= 4 is 27.7 Å². The van der Waals surface area contributed by atoms with Crippen molar-refractivity contribution in [3.8, 4) is 11.3 Å². The van der Waals surface area contributed by atoms with Gasteiger partial charge in [-0.3, -0.25) is 4.79 Å². The average Bonchev–Trinajstić information content (AvgIpc) is 3.02. The van der Waals surface area contributed by atoms with Crippen molar-refractivity contribution in [3.05, 3.63) is 51.0 Å². The fraction of sp³-hybridized carbons (Fsp3) is 0.375. The van der Waals surface area contributed by atoms with Gasteiger partial charge in [-0.25, -0.2) is 4.98 Å². The molecule has 0 amide bonds. The summed E-state index contributed by atoms with van der Waals surface area (Å²) in [5.41, 5.74) is 1.58. The van der Waals surface area contributed by atoms with Crippen LogP contribution in [0.3, 0.4) is 0 Å². The zero-order chi connectivity index (χ0) is 14.7. The number of benzene rings is 1. The normalized spacial score (nSPS) is 15.5. The molecule has 0 spiro atoms. The summed E-state index contributed by atoms with van der Waals surface area (Å²) in [7, 11) is 0. The Labute approximate surface area is 136 Å². The van der Waals surface area contributed by atoms with Gasteiger partial charge in [0.2, 0.25) is 0 Å². The molecule has 2 aromatic rings. The summed E-state index contributed by atoms with van der Waals surface area (Å²) < 4.78 is 0.503. The minimum atomic E-state index is -0.106. The molecule has 1 saturated carbocycles. The van der Waals surface area contributed by atoms with Crippen LogP contribution in [0.1, 0.15) is 31.5 Å². The molecule has 3 rings (SSSR count). The first-order chi connectivity index (χ1) is 10.2. The van der Waals surface area contributed by atoms with Gasteiger partial charge in [0.1, 0.15) is 10.3 Å². The van der Waals surface area contributed by atoms with E-state index in [2.05, 4.69) is 25.9 Å². The smallest absolute Gasteiger partial charge is 0.265 e. The van der Waals surface area contributed by atoms with Crippen molar-refractivity contribution in [3.63, 3.8) is 0 Å². The second-order valence-electron chi connectivity index (χ2n) is 5.26. The molecule has 0 aliphatic heterocycles. The maximum absolute atomic E-state index is 12.1. The third kappa shape index (κ3) is 3.58. The predicted octanol–water partition coefficient (Wildman–Crippen LogP) is 4.38. The van der Waals surface area contributed by atoms with Crippen LogP contribution in [-0.2, 0) is 5.75 Å². The lowest BCUT2D eigenvalue weighted by atomic mass is 10.1. The van der Waals surface area contributed by atoms with Gasteiger partial charge in [0.05, 0.1) is 11.4 Å². The van der Waals surface area contributed by atoms with Crippen molar-refractivity contribution in [1.82, 2.24) is 9.97 Å². The van der Waals surface area contributed by atoms with Crippen LogP contribution in [0.25, 0.3) is 11.3 Å². The number of H-pyrrole nitrogens is 1. The molecule has 0 unspecified atom stereocenters. The molecular formula is C16H17BrN2OS. The Morgan fingerprint density at radius 2 is 1.95 bits per heavy atom. The van der Waals surface area contributed by atoms with E-state index in [9.17, 15) is 4.79 Å². The van der Waals surface area contributed by atoms with Crippen molar-refractivity contribution in [2.24, 2.45) is 0 Å². The highest BCUT2D eigenvalue weighted by Crippen LogP contribution is 2.31. The number of hydrogen-bond donors (Lipinski definition) is 1. The van der Waals surface area contributed by atoms with E-state index in [0.29, 0.717) is 4.47 Å². The molecule has 0 bridgehead atoms. The third-order valence-corrected chi connectivity index (χ3v) is 5.84. The number of thioether (sulfide) groups is 1. The molecule has 1 aliphatic rings.